The lowest BCUT2D eigenvalue weighted by Gasteiger charge is -2.08. The van der Waals surface area contributed by atoms with Crippen LogP contribution in [0.25, 0.3) is 0 Å². The molecule has 1 fully saturated rings. The van der Waals surface area contributed by atoms with Crippen LogP contribution in [0.1, 0.15) is 25.5 Å². The van der Waals surface area contributed by atoms with Gasteiger partial charge in [-0.15, -0.1) is 0 Å². The largest absolute Gasteiger partial charge is 0.478 e. The van der Waals surface area contributed by atoms with Gasteiger partial charge in [-0.05, 0) is 32.6 Å². The number of hydrogen-bond acceptors (Lipinski definition) is 5. The first kappa shape index (κ1) is 13.1. The Hall–Kier alpha value is -1.36. The van der Waals surface area contributed by atoms with Crippen LogP contribution in [-0.2, 0) is 4.74 Å². The molecule has 1 saturated carbocycles. The lowest BCUT2D eigenvalue weighted by Crippen LogP contribution is -2.13. The molecule has 5 heteroatoms. The Morgan fingerprint density at radius 2 is 2.22 bits per heavy atom. The van der Waals surface area contributed by atoms with Crippen molar-refractivity contribution in [3.8, 4) is 5.88 Å². The molecule has 5 nitrogen and oxygen atoms in total. The van der Waals surface area contributed by atoms with Crippen LogP contribution in [0.15, 0.2) is 6.07 Å². The zero-order valence-electron chi connectivity index (χ0n) is 11.1. The molecule has 1 aromatic heterocycles. The second-order valence-electron chi connectivity index (χ2n) is 4.55. The number of nitrogens with zero attached hydrogens (tertiary/aromatic N) is 2. The molecule has 0 aromatic carbocycles. The number of rotatable bonds is 8. The van der Waals surface area contributed by atoms with Crippen LogP contribution in [0.5, 0.6) is 5.88 Å². The molecule has 1 aliphatic carbocycles. The Morgan fingerprint density at radius 1 is 1.39 bits per heavy atom. The Labute approximate surface area is 108 Å². The van der Waals surface area contributed by atoms with Crippen molar-refractivity contribution in [3.63, 3.8) is 0 Å². The normalized spacial score (nSPS) is 14.6. The molecular formula is C13H21N3O2. The maximum Gasteiger partial charge on any atom is 0.226 e. The van der Waals surface area contributed by atoms with E-state index in [-0.39, 0.29) is 0 Å². The monoisotopic (exact) mass is 251 g/mol. The van der Waals surface area contributed by atoms with Gasteiger partial charge in [0.25, 0.3) is 0 Å². The van der Waals surface area contributed by atoms with Crippen LogP contribution < -0.4 is 10.1 Å². The number of anilines is 1. The van der Waals surface area contributed by atoms with Crippen LogP contribution in [-0.4, -0.2) is 36.3 Å². The lowest BCUT2D eigenvalue weighted by atomic mass is 10.4. The molecule has 1 aromatic rings. The average Bonchev–Trinajstić information content (AvgIpc) is 3.12. The molecule has 0 radical (unpaired) electrons. The Balaban J connectivity index is 1.72. The molecule has 1 heterocycles. The summed E-state index contributed by atoms with van der Waals surface area (Å²) in [6.07, 6.45) is 2.65. The first-order valence-electron chi connectivity index (χ1n) is 6.58. The first-order chi connectivity index (χ1) is 8.78. The molecule has 0 saturated heterocycles. The predicted octanol–water partition coefficient (Wildman–Crippen LogP) is 2.02. The van der Waals surface area contributed by atoms with Gasteiger partial charge in [-0.2, -0.15) is 4.98 Å². The molecule has 0 aliphatic heterocycles. The highest BCUT2D eigenvalue weighted by atomic mass is 16.5. The molecule has 0 spiro atoms. The summed E-state index contributed by atoms with van der Waals surface area (Å²) in [6, 6.07) is 1.83. The third kappa shape index (κ3) is 4.49. The molecular weight excluding hydrogens is 230 g/mol. The van der Waals surface area contributed by atoms with E-state index in [0.717, 1.165) is 24.8 Å². The van der Waals surface area contributed by atoms with E-state index in [2.05, 4.69) is 15.3 Å². The zero-order valence-corrected chi connectivity index (χ0v) is 11.1. The fourth-order valence-corrected chi connectivity index (χ4v) is 1.61. The third-order valence-electron chi connectivity index (χ3n) is 2.70. The quantitative estimate of drug-likeness (QED) is 0.716. The average molecular weight is 251 g/mol. The predicted molar refractivity (Wildman–Crippen MR) is 70.0 cm³/mol. The van der Waals surface area contributed by atoms with Gasteiger partial charge in [0.15, 0.2) is 0 Å². The summed E-state index contributed by atoms with van der Waals surface area (Å²) < 4.78 is 10.9. The smallest absolute Gasteiger partial charge is 0.226 e. The molecule has 0 amide bonds. The molecule has 2 rings (SSSR count). The molecule has 0 bridgehead atoms. The zero-order chi connectivity index (χ0) is 12.8. The van der Waals surface area contributed by atoms with Crippen molar-refractivity contribution in [3.05, 3.63) is 11.8 Å². The molecule has 100 valence electrons. The van der Waals surface area contributed by atoms with Crippen LogP contribution >= 0.6 is 0 Å². The molecule has 1 N–H and O–H groups in total. The van der Waals surface area contributed by atoms with Gasteiger partial charge in [-0.3, -0.25) is 0 Å². The summed E-state index contributed by atoms with van der Waals surface area (Å²) in [5.41, 5.74) is 0.898. The summed E-state index contributed by atoms with van der Waals surface area (Å²) in [5.74, 6) is 2.03. The second-order valence-corrected chi connectivity index (χ2v) is 4.55. The number of ether oxygens (including phenoxy) is 2. The van der Waals surface area contributed by atoms with Gasteiger partial charge in [0.05, 0.1) is 13.2 Å². The minimum absolute atomic E-state index is 0.605. The van der Waals surface area contributed by atoms with E-state index < -0.39 is 0 Å². The Bertz CT molecular complexity index is 380. The molecule has 18 heavy (non-hydrogen) atoms. The number of hydrogen-bond donors (Lipinski definition) is 1. The van der Waals surface area contributed by atoms with Crippen LogP contribution in [0.4, 0.5) is 5.95 Å². The van der Waals surface area contributed by atoms with E-state index in [9.17, 15) is 0 Å². The first-order valence-corrected chi connectivity index (χ1v) is 6.58. The van der Waals surface area contributed by atoms with Crippen molar-refractivity contribution in [2.75, 3.05) is 31.7 Å². The minimum atomic E-state index is 0.605. The van der Waals surface area contributed by atoms with Crippen molar-refractivity contribution in [2.24, 2.45) is 5.92 Å². The van der Waals surface area contributed by atoms with Crippen molar-refractivity contribution < 1.29 is 9.47 Å². The van der Waals surface area contributed by atoms with Gasteiger partial charge in [0.2, 0.25) is 11.8 Å². The Kier molecular flexibility index (Phi) is 4.75. The van der Waals surface area contributed by atoms with Gasteiger partial charge in [-0.1, -0.05) is 0 Å². The summed E-state index contributed by atoms with van der Waals surface area (Å²) in [5, 5.41) is 3.15. The highest BCUT2D eigenvalue weighted by molar-refractivity contribution is 5.30. The summed E-state index contributed by atoms with van der Waals surface area (Å²) in [4.78, 5) is 8.57. The molecule has 0 atom stereocenters. The van der Waals surface area contributed by atoms with E-state index in [0.29, 0.717) is 25.0 Å². The van der Waals surface area contributed by atoms with Gasteiger partial charge < -0.3 is 14.8 Å². The number of nitrogens with one attached hydrogen (secondary N) is 1. The third-order valence-corrected chi connectivity index (χ3v) is 2.70. The van der Waals surface area contributed by atoms with Crippen LogP contribution in [0, 0.1) is 12.8 Å². The Morgan fingerprint density at radius 3 is 2.94 bits per heavy atom. The van der Waals surface area contributed by atoms with E-state index in [4.69, 9.17) is 9.47 Å². The molecule has 0 unspecified atom stereocenters. The fourth-order valence-electron chi connectivity index (χ4n) is 1.61. The van der Waals surface area contributed by atoms with E-state index in [1.54, 1.807) is 0 Å². The fraction of sp³-hybridized carbons (Fsp3) is 0.692. The van der Waals surface area contributed by atoms with Gasteiger partial charge in [-0.25, -0.2) is 4.98 Å². The van der Waals surface area contributed by atoms with Gasteiger partial charge in [0.1, 0.15) is 0 Å². The van der Waals surface area contributed by atoms with Crippen molar-refractivity contribution >= 4 is 5.95 Å². The maximum atomic E-state index is 5.54. The van der Waals surface area contributed by atoms with Gasteiger partial charge in [0, 0.05) is 24.9 Å². The van der Waals surface area contributed by atoms with Crippen molar-refractivity contribution in [2.45, 2.75) is 26.7 Å². The maximum absolute atomic E-state index is 5.54. The van der Waals surface area contributed by atoms with Crippen molar-refractivity contribution in [1.29, 1.82) is 0 Å². The second kappa shape index (κ2) is 6.54. The van der Waals surface area contributed by atoms with Crippen LogP contribution in [0.2, 0.25) is 0 Å². The summed E-state index contributed by atoms with van der Waals surface area (Å²) >= 11 is 0. The van der Waals surface area contributed by atoms with E-state index in [1.807, 2.05) is 19.9 Å². The topological polar surface area (TPSA) is 56.3 Å². The highest BCUT2D eigenvalue weighted by Crippen LogP contribution is 2.28. The number of aromatic nitrogens is 2. The van der Waals surface area contributed by atoms with E-state index in [1.165, 1.54) is 12.8 Å². The number of aryl methyl sites for hydroxylation is 1. The SMILES string of the molecule is CCOc1cc(C)nc(NCCOCC2CC2)n1. The van der Waals surface area contributed by atoms with Gasteiger partial charge >= 0.3 is 0 Å². The van der Waals surface area contributed by atoms with Crippen molar-refractivity contribution in [1.82, 2.24) is 9.97 Å². The van der Waals surface area contributed by atoms with Crippen LogP contribution in [0.3, 0.4) is 0 Å². The summed E-state index contributed by atoms with van der Waals surface area (Å²) in [6.45, 7) is 6.79. The lowest BCUT2D eigenvalue weighted by molar-refractivity contribution is 0.133. The summed E-state index contributed by atoms with van der Waals surface area (Å²) in [7, 11) is 0. The molecule has 1 aliphatic rings. The van der Waals surface area contributed by atoms with E-state index >= 15 is 0 Å². The highest BCUT2D eigenvalue weighted by Gasteiger charge is 2.20. The minimum Gasteiger partial charge on any atom is -0.478 e. The standard InChI is InChI=1S/C13H21N3O2/c1-3-18-12-8-10(2)15-13(16-12)14-6-7-17-9-11-4-5-11/h8,11H,3-7,9H2,1-2H3,(H,14,15,16).